The summed E-state index contributed by atoms with van der Waals surface area (Å²) in [5.74, 6) is 0. The first-order valence-electron chi connectivity index (χ1n) is 4.21. The molecule has 0 aliphatic carbocycles. The maximum atomic E-state index is 12.3. The van der Waals surface area contributed by atoms with Gasteiger partial charge in [0.2, 0.25) is 6.08 Å². The van der Waals surface area contributed by atoms with Gasteiger partial charge >= 0.3 is 6.18 Å². The van der Waals surface area contributed by atoms with Gasteiger partial charge in [-0.05, 0) is 5.56 Å². The number of aliphatic imine (C=N–C) groups is 1. The number of hydrogen-bond acceptors (Lipinski definition) is 2. The molecule has 0 heterocycles. The molecule has 0 aliphatic rings. The van der Waals surface area contributed by atoms with E-state index in [1.807, 2.05) is 0 Å². The zero-order valence-electron chi connectivity index (χ0n) is 7.66. The molecular formula is C10H8F3NO. The lowest BCUT2D eigenvalue weighted by atomic mass is 10.1. The van der Waals surface area contributed by atoms with Gasteiger partial charge in [0, 0.05) is 6.42 Å². The van der Waals surface area contributed by atoms with E-state index < -0.39 is 12.2 Å². The number of nitrogens with zero attached hydrogens (tertiary/aromatic N) is 1. The van der Waals surface area contributed by atoms with Crippen LogP contribution in [0.1, 0.15) is 5.56 Å². The Labute approximate surface area is 84.4 Å². The molecule has 1 unspecified atom stereocenters. The quantitative estimate of drug-likeness (QED) is 0.562. The molecule has 1 atom stereocenters. The monoisotopic (exact) mass is 215 g/mol. The Morgan fingerprint density at radius 2 is 1.87 bits per heavy atom. The van der Waals surface area contributed by atoms with Crippen LogP contribution in [-0.4, -0.2) is 18.3 Å². The average molecular weight is 215 g/mol. The molecular weight excluding hydrogens is 207 g/mol. The van der Waals surface area contributed by atoms with Crippen molar-refractivity contribution in [2.45, 2.75) is 18.6 Å². The molecule has 0 aliphatic heterocycles. The maximum Gasteiger partial charge on any atom is 0.411 e. The van der Waals surface area contributed by atoms with Gasteiger partial charge in [-0.25, -0.2) is 4.79 Å². The van der Waals surface area contributed by atoms with Gasteiger partial charge in [-0.1, -0.05) is 30.3 Å². The van der Waals surface area contributed by atoms with Crippen molar-refractivity contribution < 1.29 is 18.0 Å². The Morgan fingerprint density at radius 3 is 2.33 bits per heavy atom. The SMILES string of the molecule is O=C=NC(Cc1ccccc1)C(F)(F)F. The molecule has 0 fully saturated rings. The minimum absolute atomic E-state index is 0.334. The molecule has 1 aromatic carbocycles. The van der Waals surface area contributed by atoms with Crippen LogP contribution < -0.4 is 0 Å². The molecule has 80 valence electrons. The molecule has 0 N–H and O–H groups in total. The Balaban J connectivity index is 2.81. The van der Waals surface area contributed by atoms with Crippen LogP contribution >= 0.6 is 0 Å². The molecule has 2 nitrogen and oxygen atoms in total. The zero-order valence-corrected chi connectivity index (χ0v) is 7.66. The van der Waals surface area contributed by atoms with Gasteiger partial charge in [-0.3, -0.25) is 0 Å². The molecule has 0 saturated carbocycles. The fourth-order valence-corrected chi connectivity index (χ4v) is 1.14. The summed E-state index contributed by atoms with van der Waals surface area (Å²) in [5.41, 5.74) is 0.485. The third-order valence-corrected chi connectivity index (χ3v) is 1.86. The second kappa shape index (κ2) is 4.75. The van der Waals surface area contributed by atoms with Crippen molar-refractivity contribution in [3.8, 4) is 0 Å². The minimum Gasteiger partial charge on any atom is -0.211 e. The number of isocyanates is 1. The lowest BCUT2D eigenvalue weighted by molar-refractivity contribution is -0.146. The third kappa shape index (κ3) is 3.56. The summed E-state index contributed by atoms with van der Waals surface area (Å²) in [7, 11) is 0. The summed E-state index contributed by atoms with van der Waals surface area (Å²) in [4.78, 5) is 12.6. The van der Waals surface area contributed by atoms with E-state index in [9.17, 15) is 18.0 Å². The van der Waals surface area contributed by atoms with Crippen molar-refractivity contribution >= 4 is 6.08 Å². The van der Waals surface area contributed by atoms with E-state index >= 15 is 0 Å². The summed E-state index contributed by atoms with van der Waals surface area (Å²) >= 11 is 0. The van der Waals surface area contributed by atoms with Crippen LogP contribution in [0.25, 0.3) is 0 Å². The second-order valence-corrected chi connectivity index (χ2v) is 2.97. The largest absolute Gasteiger partial charge is 0.411 e. The van der Waals surface area contributed by atoms with Gasteiger partial charge in [-0.2, -0.15) is 18.2 Å². The van der Waals surface area contributed by atoms with Gasteiger partial charge in [0.1, 0.15) is 0 Å². The molecule has 5 heteroatoms. The van der Waals surface area contributed by atoms with E-state index in [4.69, 9.17) is 0 Å². The molecule has 1 aromatic rings. The van der Waals surface area contributed by atoms with Crippen LogP contribution in [0.2, 0.25) is 0 Å². The van der Waals surface area contributed by atoms with Crippen LogP contribution in [0.15, 0.2) is 35.3 Å². The second-order valence-electron chi connectivity index (χ2n) is 2.97. The van der Waals surface area contributed by atoms with E-state index in [1.54, 1.807) is 30.3 Å². The van der Waals surface area contributed by atoms with E-state index in [0.717, 1.165) is 6.08 Å². The number of rotatable bonds is 3. The molecule has 0 aromatic heterocycles. The normalized spacial score (nSPS) is 13.0. The highest BCUT2D eigenvalue weighted by molar-refractivity contribution is 5.34. The van der Waals surface area contributed by atoms with Gasteiger partial charge in [0.15, 0.2) is 6.04 Å². The summed E-state index contributed by atoms with van der Waals surface area (Å²) in [6, 6.07) is 6.07. The summed E-state index contributed by atoms with van der Waals surface area (Å²) in [5, 5.41) is 0. The summed E-state index contributed by atoms with van der Waals surface area (Å²) < 4.78 is 37.0. The van der Waals surface area contributed by atoms with Crippen molar-refractivity contribution in [1.29, 1.82) is 0 Å². The molecule has 0 spiro atoms. The molecule has 1 rings (SSSR count). The van der Waals surface area contributed by atoms with Crippen molar-refractivity contribution in [1.82, 2.24) is 0 Å². The standard InChI is InChI=1S/C10H8F3NO/c11-10(12,13)9(14-7-15)6-8-4-2-1-3-5-8/h1-5,9H,6H2. The van der Waals surface area contributed by atoms with Gasteiger partial charge < -0.3 is 0 Å². The lowest BCUT2D eigenvalue weighted by Gasteiger charge is -2.14. The zero-order chi connectivity index (χ0) is 11.3. The van der Waals surface area contributed by atoms with E-state index in [1.165, 1.54) is 0 Å². The minimum atomic E-state index is -4.51. The predicted octanol–water partition coefficient (Wildman–Crippen LogP) is 2.50. The first-order chi connectivity index (χ1) is 7.04. The van der Waals surface area contributed by atoms with Gasteiger partial charge in [0.05, 0.1) is 0 Å². The Bertz CT molecular complexity index is 355. The molecule has 0 saturated heterocycles. The van der Waals surface area contributed by atoms with E-state index in [-0.39, 0.29) is 6.42 Å². The fraction of sp³-hybridized carbons (Fsp3) is 0.300. The molecule has 0 radical (unpaired) electrons. The number of benzene rings is 1. The Kier molecular flexibility index (Phi) is 3.63. The van der Waals surface area contributed by atoms with E-state index in [0.29, 0.717) is 5.56 Å². The Hall–Kier alpha value is -1.61. The first-order valence-corrected chi connectivity index (χ1v) is 4.21. The van der Waals surface area contributed by atoms with Gasteiger partial charge in [0.25, 0.3) is 0 Å². The average Bonchev–Trinajstić information content (AvgIpc) is 2.17. The summed E-state index contributed by atoms with van der Waals surface area (Å²) in [6.45, 7) is 0. The fourth-order valence-electron chi connectivity index (χ4n) is 1.14. The smallest absolute Gasteiger partial charge is 0.211 e. The predicted molar refractivity (Wildman–Crippen MR) is 48.1 cm³/mol. The molecule has 0 bridgehead atoms. The van der Waals surface area contributed by atoms with Crippen LogP contribution in [0.3, 0.4) is 0 Å². The molecule has 0 amide bonds. The van der Waals surface area contributed by atoms with Crippen LogP contribution in [0.4, 0.5) is 13.2 Å². The van der Waals surface area contributed by atoms with Crippen molar-refractivity contribution in [2.75, 3.05) is 0 Å². The lowest BCUT2D eigenvalue weighted by Crippen LogP contribution is -2.29. The highest BCUT2D eigenvalue weighted by Gasteiger charge is 2.39. The highest BCUT2D eigenvalue weighted by atomic mass is 19.4. The Morgan fingerprint density at radius 1 is 1.27 bits per heavy atom. The molecule has 15 heavy (non-hydrogen) atoms. The third-order valence-electron chi connectivity index (χ3n) is 1.86. The number of halogens is 3. The van der Waals surface area contributed by atoms with Crippen LogP contribution in [0, 0.1) is 0 Å². The number of carbonyl (C=O) groups excluding carboxylic acids is 1. The van der Waals surface area contributed by atoms with Crippen molar-refractivity contribution in [3.05, 3.63) is 35.9 Å². The van der Waals surface area contributed by atoms with Crippen molar-refractivity contribution in [2.24, 2.45) is 4.99 Å². The van der Waals surface area contributed by atoms with Gasteiger partial charge in [-0.15, -0.1) is 0 Å². The van der Waals surface area contributed by atoms with E-state index in [2.05, 4.69) is 4.99 Å². The number of hydrogen-bond donors (Lipinski definition) is 0. The first kappa shape index (κ1) is 11.5. The number of alkyl halides is 3. The summed E-state index contributed by atoms with van der Waals surface area (Å²) in [6.07, 6.45) is -3.89. The van der Waals surface area contributed by atoms with Crippen molar-refractivity contribution in [3.63, 3.8) is 0 Å². The highest BCUT2D eigenvalue weighted by Crippen LogP contribution is 2.25. The maximum absolute atomic E-state index is 12.3. The topological polar surface area (TPSA) is 29.4 Å². The van der Waals surface area contributed by atoms with Crippen LogP contribution in [-0.2, 0) is 11.2 Å². The van der Waals surface area contributed by atoms with Crippen LogP contribution in [0.5, 0.6) is 0 Å².